The van der Waals surface area contributed by atoms with Gasteiger partial charge in [0.05, 0.1) is 28.2 Å². The molecule has 2 aromatic heterocycles. The van der Waals surface area contributed by atoms with Gasteiger partial charge >= 0.3 is 0 Å². The highest BCUT2D eigenvalue weighted by Crippen LogP contribution is 2.21. The lowest BCUT2D eigenvalue weighted by Crippen LogP contribution is -2.36. The minimum absolute atomic E-state index is 0.0255. The van der Waals surface area contributed by atoms with E-state index < -0.39 is 0 Å². The van der Waals surface area contributed by atoms with Crippen LogP contribution in [0.1, 0.15) is 42.0 Å². The first kappa shape index (κ1) is 16.4. The molecule has 0 saturated carbocycles. The standard InChI is InChI=1S/C20H22N6O/c27-20-14-11-26(12-18-13-5-1-2-6-16(13)24-25-18)10-8-15(14)22-19(23-20)17-7-3-4-9-21-17/h1-2,5-6H,3-4,7-12H2,(H,24,25)(H,22,23,27). The number of aromatic amines is 2. The molecule has 0 amide bonds. The third-order valence-corrected chi connectivity index (χ3v) is 5.47. The summed E-state index contributed by atoms with van der Waals surface area (Å²) in [5, 5.41) is 8.65. The maximum absolute atomic E-state index is 12.7. The Hall–Kier alpha value is -2.80. The first-order valence-electron chi connectivity index (χ1n) is 9.58. The minimum Gasteiger partial charge on any atom is -0.305 e. The first-order chi connectivity index (χ1) is 13.3. The van der Waals surface area contributed by atoms with E-state index in [4.69, 9.17) is 4.98 Å². The summed E-state index contributed by atoms with van der Waals surface area (Å²) in [6, 6.07) is 8.10. The van der Waals surface area contributed by atoms with Crippen molar-refractivity contribution in [1.82, 2.24) is 25.1 Å². The number of aliphatic imine (C=N–C) groups is 1. The van der Waals surface area contributed by atoms with Crippen molar-refractivity contribution >= 4 is 16.6 Å². The number of hydrogen-bond acceptors (Lipinski definition) is 5. The van der Waals surface area contributed by atoms with Crippen LogP contribution in [0.4, 0.5) is 0 Å². The van der Waals surface area contributed by atoms with Crippen molar-refractivity contribution in [3.63, 3.8) is 0 Å². The van der Waals surface area contributed by atoms with Crippen molar-refractivity contribution in [2.45, 2.75) is 38.8 Å². The van der Waals surface area contributed by atoms with Crippen molar-refractivity contribution in [2.24, 2.45) is 4.99 Å². The Balaban J connectivity index is 1.39. The number of fused-ring (bicyclic) bond motifs is 2. The van der Waals surface area contributed by atoms with Crippen molar-refractivity contribution in [3.05, 3.63) is 57.4 Å². The summed E-state index contributed by atoms with van der Waals surface area (Å²) in [6.07, 6.45) is 3.92. The molecule has 3 aromatic rings. The zero-order chi connectivity index (χ0) is 18.2. The van der Waals surface area contributed by atoms with E-state index in [0.717, 1.165) is 78.9 Å². The van der Waals surface area contributed by atoms with Crippen molar-refractivity contribution in [3.8, 4) is 0 Å². The predicted molar refractivity (Wildman–Crippen MR) is 104 cm³/mol. The molecule has 4 heterocycles. The fourth-order valence-electron chi connectivity index (χ4n) is 4.00. The molecule has 27 heavy (non-hydrogen) atoms. The van der Waals surface area contributed by atoms with Gasteiger partial charge in [-0.15, -0.1) is 0 Å². The Kier molecular flexibility index (Phi) is 4.09. The van der Waals surface area contributed by atoms with E-state index in [1.807, 2.05) is 18.2 Å². The largest absolute Gasteiger partial charge is 0.305 e. The maximum atomic E-state index is 12.7. The first-order valence-corrected chi connectivity index (χ1v) is 9.58. The van der Waals surface area contributed by atoms with Crippen molar-refractivity contribution in [1.29, 1.82) is 0 Å². The molecule has 0 spiro atoms. The zero-order valence-corrected chi connectivity index (χ0v) is 15.2. The number of nitrogens with one attached hydrogen (secondary N) is 2. The Morgan fingerprint density at radius 2 is 2.07 bits per heavy atom. The SMILES string of the molecule is O=c1[nH]c(C2=NCCCC2)nc2c1CN(Cc1[nH]nc3ccccc13)CC2. The Morgan fingerprint density at radius 1 is 1.15 bits per heavy atom. The summed E-state index contributed by atoms with van der Waals surface area (Å²) in [5.74, 6) is 0.673. The van der Waals surface area contributed by atoms with Crippen LogP contribution in [0.2, 0.25) is 0 Å². The van der Waals surface area contributed by atoms with Gasteiger partial charge in [0.25, 0.3) is 5.56 Å². The lowest BCUT2D eigenvalue weighted by atomic mass is 10.0. The lowest BCUT2D eigenvalue weighted by Gasteiger charge is -2.27. The van der Waals surface area contributed by atoms with E-state index in [2.05, 4.69) is 31.1 Å². The smallest absolute Gasteiger partial charge is 0.255 e. The highest BCUT2D eigenvalue weighted by atomic mass is 16.1. The van der Waals surface area contributed by atoms with Gasteiger partial charge in [0.1, 0.15) is 0 Å². The molecule has 0 saturated heterocycles. The van der Waals surface area contributed by atoms with Crippen LogP contribution in [0.3, 0.4) is 0 Å². The van der Waals surface area contributed by atoms with Crippen molar-refractivity contribution in [2.75, 3.05) is 13.1 Å². The molecule has 0 aliphatic carbocycles. The van der Waals surface area contributed by atoms with Gasteiger partial charge in [0.15, 0.2) is 5.82 Å². The van der Waals surface area contributed by atoms with Crippen LogP contribution in [-0.4, -0.2) is 43.9 Å². The molecular formula is C20H22N6O. The quantitative estimate of drug-likeness (QED) is 0.747. The summed E-state index contributed by atoms with van der Waals surface area (Å²) in [4.78, 5) is 27.2. The zero-order valence-electron chi connectivity index (χ0n) is 15.2. The van der Waals surface area contributed by atoms with E-state index in [-0.39, 0.29) is 5.56 Å². The Morgan fingerprint density at radius 3 is 2.96 bits per heavy atom. The second-order valence-electron chi connectivity index (χ2n) is 7.31. The van der Waals surface area contributed by atoms with Gasteiger partial charge in [0, 0.05) is 38.0 Å². The third-order valence-electron chi connectivity index (χ3n) is 5.47. The summed E-state index contributed by atoms with van der Waals surface area (Å²) < 4.78 is 0. The van der Waals surface area contributed by atoms with Crippen LogP contribution < -0.4 is 5.56 Å². The molecule has 0 radical (unpaired) electrons. The van der Waals surface area contributed by atoms with Gasteiger partial charge in [-0.2, -0.15) is 5.10 Å². The van der Waals surface area contributed by atoms with E-state index >= 15 is 0 Å². The number of rotatable bonds is 3. The van der Waals surface area contributed by atoms with Gasteiger partial charge in [-0.25, -0.2) is 4.98 Å². The fraction of sp³-hybridized carbons (Fsp3) is 0.400. The van der Waals surface area contributed by atoms with Crippen molar-refractivity contribution < 1.29 is 0 Å². The van der Waals surface area contributed by atoms with Crippen LogP contribution >= 0.6 is 0 Å². The van der Waals surface area contributed by atoms with Gasteiger partial charge < -0.3 is 4.98 Å². The Bertz CT molecular complexity index is 1080. The summed E-state index contributed by atoms with van der Waals surface area (Å²) in [5.41, 5.74) is 4.70. The molecule has 7 heteroatoms. The number of benzene rings is 1. The van der Waals surface area contributed by atoms with E-state index in [9.17, 15) is 4.79 Å². The number of H-pyrrole nitrogens is 2. The number of nitrogens with zero attached hydrogens (tertiary/aromatic N) is 4. The monoisotopic (exact) mass is 362 g/mol. The molecule has 2 aliphatic heterocycles. The molecule has 2 aliphatic rings. The normalized spacial score (nSPS) is 17.7. The second kappa shape index (κ2) is 6.74. The Labute approximate surface area is 156 Å². The van der Waals surface area contributed by atoms with Gasteiger partial charge in [-0.1, -0.05) is 18.2 Å². The van der Waals surface area contributed by atoms with Crippen LogP contribution in [-0.2, 0) is 19.5 Å². The molecule has 7 nitrogen and oxygen atoms in total. The summed E-state index contributed by atoms with van der Waals surface area (Å²) >= 11 is 0. The third kappa shape index (κ3) is 3.08. The number of aromatic nitrogens is 4. The summed E-state index contributed by atoms with van der Waals surface area (Å²) in [7, 11) is 0. The topological polar surface area (TPSA) is 90.0 Å². The molecule has 0 bridgehead atoms. The van der Waals surface area contributed by atoms with E-state index in [1.54, 1.807) is 0 Å². The molecule has 0 fully saturated rings. The van der Waals surface area contributed by atoms with Gasteiger partial charge in [0.2, 0.25) is 0 Å². The lowest BCUT2D eigenvalue weighted by molar-refractivity contribution is 0.239. The van der Waals surface area contributed by atoms with Crippen LogP contribution in [0.5, 0.6) is 0 Å². The predicted octanol–water partition coefficient (Wildman–Crippen LogP) is 2.18. The molecule has 0 unspecified atom stereocenters. The second-order valence-corrected chi connectivity index (χ2v) is 7.31. The van der Waals surface area contributed by atoms with E-state index in [0.29, 0.717) is 12.4 Å². The minimum atomic E-state index is -0.0255. The molecule has 2 N–H and O–H groups in total. The van der Waals surface area contributed by atoms with Crippen LogP contribution in [0, 0.1) is 0 Å². The molecule has 138 valence electrons. The van der Waals surface area contributed by atoms with Gasteiger partial charge in [-0.05, 0) is 25.3 Å². The molecule has 0 atom stereocenters. The molecule has 1 aromatic carbocycles. The van der Waals surface area contributed by atoms with Crippen LogP contribution in [0.25, 0.3) is 10.9 Å². The number of para-hydroxylation sites is 1. The highest BCUT2D eigenvalue weighted by Gasteiger charge is 2.23. The molecular weight excluding hydrogens is 340 g/mol. The fourth-order valence-corrected chi connectivity index (χ4v) is 4.00. The average Bonchev–Trinajstić information content (AvgIpc) is 3.12. The maximum Gasteiger partial charge on any atom is 0.255 e. The molecule has 5 rings (SSSR count). The highest BCUT2D eigenvalue weighted by molar-refractivity contribution is 5.97. The van der Waals surface area contributed by atoms with E-state index in [1.165, 1.54) is 0 Å². The van der Waals surface area contributed by atoms with Gasteiger partial charge in [-0.3, -0.25) is 19.8 Å². The average molecular weight is 362 g/mol. The number of hydrogen-bond donors (Lipinski definition) is 2. The van der Waals surface area contributed by atoms with Crippen LogP contribution in [0.15, 0.2) is 34.1 Å². The summed E-state index contributed by atoms with van der Waals surface area (Å²) in [6.45, 7) is 3.07.